The molecule has 1 atom stereocenters. The Hall–Kier alpha value is -1.30. The monoisotopic (exact) mass is 161 g/mol. The van der Waals surface area contributed by atoms with Crippen LogP contribution < -0.4 is 0 Å². The number of hydrogen-bond acceptors (Lipinski definition) is 3. The molecule has 6 nitrogen and oxygen atoms in total. The Balaban J connectivity index is 2.65. The summed E-state index contributed by atoms with van der Waals surface area (Å²) in [7, 11) is 0. The van der Waals surface area contributed by atoms with E-state index in [-0.39, 0.29) is 13.0 Å². The molecule has 0 radical (unpaired) electrons. The maximum atomic E-state index is 10.3. The molecule has 0 bridgehead atoms. The highest BCUT2D eigenvalue weighted by atomic mass is 16.7. The van der Waals surface area contributed by atoms with Gasteiger partial charge >= 0.3 is 12.1 Å². The molecule has 0 aromatic heterocycles. The zero-order chi connectivity index (χ0) is 8.43. The summed E-state index contributed by atoms with van der Waals surface area (Å²) < 4.78 is 0. The Morgan fingerprint density at radius 3 is 2.45 bits per heavy atom. The highest BCUT2D eigenvalue weighted by molar-refractivity contribution is 5.78. The van der Waals surface area contributed by atoms with Crippen molar-refractivity contribution >= 4 is 12.1 Å². The number of rotatable bonds is 1. The lowest BCUT2D eigenvalue weighted by Gasteiger charge is -2.14. The first-order valence-corrected chi connectivity index (χ1v) is 3.01. The second kappa shape index (κ2) is 2.75. The normalized spacial score (nSPS) is 23.6. The summed E-state index contributed by atoms with van der Waals surface area (Å²) in [6, 6.07) is -1.05. The number of carbonyl (C=O) groups is 2. The summed E-state index contributed by atoms with van der Waals surface area (Å²) in [4.78, 5) is 25.1. The van der Waals surface area contributed by atoms with Gasteiger partial charge in [0.25, 0.3) is 0 Å². The highest BCUT2D eigenvalue weighted by Gasteiger charge is 2.35. The van der Waals surface area contributed by atoms with Crippen molar-refractivity contribution in [1.82, 2.24) is 5.06 Å². The van der Waals surface area contributed by atoms with Crippen LogP contribution in [0.15, 0.2) is 0 Å². The molecule has 0 spiro atoms. The van der Waals surface area contributed by atoms with Gasteiger partial charge in [-0.3, -0.25) is 4.84 Å². The summed E-state index contributed by atoms with van der Waals surface area (Å²) in [6.45, 7) is 0.142. The lowest BCUT2D eigenvalue weighted by atomic mass is 10.2. The first-order valence-electron chi connectivity index (χ1n) is 3.01. The van der Waals surface area contributed by atoms with Crippen molar-refractivity contribution in [2.24, 2.45) is 0 Å². The van der Waals surface area contributed by atoms with Crippen LogP contribution >= 0.6 is 0 Å². The third kappa shape index (κ3) is 1.40. The molecule has 1 rings (SSSR count). The van der Waals surface area contributed by atoms with E-state index >= 15 is 0 Å². The maximum Gasteiger partial charge on any atom is 0.432 e. The summed E-state index contributed by atoms with van der Waals surface area (Å²) in [6.07, 6.45) is -1.16. The molecule has 1 aliphatic rings. The van der Waals surface area contributed by atoms with Crippen LogP contribution in [0.5, 0.6) is 0 Å². The fraction of sp³-hybridized carbons (Fsp3) is 0.600. The van der Waals surface area contributed by atoms with Crippen LogP contribution in [0.1, 0.15) is 6.42 Å². The van der Waals surface area contributed by atoms with Crippen LogP contribution in [0, 0.1) is 0 Å². The van der Waals surface area contributed by atoms with Crippen molar-refractivity contribution in [2.45, 2.75) is 12.5 Å². The van der Waals surface area contributed by atoms with Gasteiger partial charge < -0.3 is 10.2 Å². The Labute approximate surface area is 61.9 Å². The highest BCUT2D eigenvalue weighted by Crippen LogP contribution is 2.14. The van der Waals surface area contributed by atoms with E-state index in [1.54, 1.807) is 0 Å². The Bertz CT molecular complexity index is 171. The molecule has 0 saturated carbocycles. The van der Waals surface area contributed by atoms with E-state index in [0.717, 1.165) is 0 Å². The van der Waals surface area contributed by atoms with Gasteiger partial charge in [-0.25, -0.2) is 9.59 Å². The summed E-state index contributed by atoms with van der Waals surface area (Å²) in [5.74, 6) is -1.18. The number of amides is 1. The second-order valence-corrected chi connectivity index (χ2v) is 2.08. The van der Waals surface area contributed by atoms with Gasteiger partial charge in [0.05, 0.1) is 6.61 Å². The first kappa shape index (κ1) is 7.80. The Morgan fingerprint density at radius 1 is 1.45 bits per heavy atom. The van der Waals surface area contributed by atoms with Crippen LogP contribution in [-0.2, 0) is 9.63 Å². The molecule has 11 heavy (non-hydrogen) atoms. The van der Waals surface area contributed by atoms with E-state index < -0.39 is 18.1 Å². The molecule has 1 amide bonds. The minimum Gasteiger partial charge on any atom is -0.480 e. The van der Waals surface area contributed by atoms with Crippen molar-refractivity contribution in [3.05, 3.63) is 0 Å². The molecule has 0 unspecified atom stereocenters. The van der Waals surface area contributed by atoms with Crippen molar-refractivity contribution in [1.29, 1.82) is 0 Å². The van der Waals surface area contributed by atoms with E-state index in [4.69, 9.17) is 10.2 Å². The van der Waals surface area contributed by atoms with Crippen molar-refractivity contribution in [2.75, 3.05) is 6.61 Å². The summed E-state index contributed by atoms with van der Waals surface area (Å²) >= 11 is 0. The van der Waals surface area contributed by atoms with Gasteiger partial charge in [-0.15, -0.1) is 0 Å². The number of aliphatic carboxylic acids is 1. The average Bonchev–Trinajstić information content (AvgIpc) is 2.32. The van der Waals surface area contributed by atoms with E-state index in [0.29, 0.717) is 5.06 Å². The third-order valence-corrected chi connectivity index (χ3v) is 1.38. The molecule has 1 fully saturated rings. The quantitative estimate of drug-likeness (QED) is 0.553. The number of hydroxylamine groups is 2. The molecule has 1 saturated heterocycles. The molecular formula is C5H7NO5. The largest absolute Gasteiger partial charge is 0.480 e. The zero-order valence-corrected chi connectivity index (χ0v) is 5.56. The van der Waals surface area contributed by atoms with Gasteiger partial charge in [0, 0.05) is 6.42 Å². The van der Waals surface area contributed by atoms with Crippen molar-refractivity contribution in [3.8, 4) is 0 Å². The van der Waals surface area contributed by atoms with Gasteiger partial charge in [-0.05, 0) is 0 Å². The van der Waals surface area contributed by atoms with E-state index in [1.807, 2.05) is 0 Å². The fourth-order valence-electron chi connectivity index (χ4n) is 0.882. The van der Waals surface area contributed by atoms with E-state index in [9.17, 15) is 9.59 Å². The number of nitrogens with zero attached hydrogens (tertiary/aromatic N) is 1. The van der Waals surface area contributed by atoms with Gasteiger partial charge in [0.2, 0.25) is 0 Å². The van der Waals surface area contributed by atoms with Crippen LogP contribution in [0.25, 0.3) is 0 Å². The molecule has 2 N–H and O–H groups in total. The molecule has 1 aliphatic heterocycles. The first-order chi connectivity index (χ1) is 5.13. The predicted molar refractivity (Wildman–Crippen MR) is 31.9 cm³/mol. The fourth-order valence-corrected chi connectivity index (χ4v) is 0.882. The van der Waals surface area contributed by atoms with Gasteiger partial charge in [0.1, 0.15) is 0 Å². The smallest absolute Gasteiger partial charge is 0.432 e. The van der Waals surface area contributed by atoms with Gasteiger partial charge in [0.15, 0.2) is 6.04 Å². The maximum absolute atomic E-state index is 10.3. The molecular weight excluding hydrogens is 154 g/mol. The number of hydrogen-bond donors (Lipinski definition) is 2. The Kier molecular flexibility index (Phi) is 1.95. The molecule has 0 aliphatic carbocycles. The molecule has 0 aromatic rings. The number of carboxylic acids is 1. The van der Waals surface area contributed by atoms with Crippen LogP contribution in [0.4, 0.5) is 4.79 Å². The minimum atomic E-state index is -1.37. The van der Waals surface area contributed by atoms with E-state index in [2.05, 4.69) is 4.84 Å². The second-order valence-electron chi connectivity index (χ2n) is 2.08. The average molecular weight is 161 g/mol. The third-order valence-electron chi connectivity index (χ3n) is 1.38. The predicted octanol–water partition coefficient (Wildman–Crippen LogP) is -0.245. The topological polar surface area (TPSA) is 87.1 Å². The minimum absolute atomic E-state index is 0.142. The molecule has 62 valence electrons. The lowest BCUT2D eigenvalue weighted by molar-refractivity contribution is -0.155. The lowest BCUT2D eigenvalue weighted by Crippen LogP contribution is -2.38. The van der Waals surface area contributed by atoms with E-state index in [1.165, 1.54) is 0 Å². The zero-order valence-electron chi connectivity index (χ0n) is 5.56. The molecule has 0 aromatic carbocycles. The van der Waals surface area contributed by atoms with Crippen LogP contribution in [0.3, 0.4) is 0 Å². The number of carboxylic acid groups (broad SMARTS) is 2. The Morgan fingerprint density at radius 2 is 2.09 bits per heavy atom. The van der Waals surface area contributed by atoms with Crippen LogP contribution in [0.2, 0.25) is 0 Å². The van der Waals surface area contributed by atoms with Gasteiger partial charge in [-0.1, -0.05) is 0 Å². The van der Waals surface area contributed by atoms with Gasteiger partial charge in [-0.2, -0.15) is 5.06 Å². The van der Waals surface area contributed by atoms with Crippen molar-refractivity contribution < 1.29 is 24.6 Å². The summed E-state index contributed by atoms with van der Waals surface area (Å²) in [5, 5.41) is 17.3. The standard InChI is InChI=1S/C5H7NO5/c7-4(8)3-1-2-11-6(3)5(9)10/h3H,1-2H2,(H,7,8)(H,9,10)/t3-/m0/s1. The SMILES string of the molecule is O=C(O)[C@@H]1CCON1C(=O)O. The molecule has 1 heterocycles. The summed E-state index contributed by atoms with van der Waals surface area (Å²) in [5.41, 5.74) is 0. The van der Waals surface area contributed by atoms with Crippen molar-refractivity contribution in [3.63, 3.8) is 0 Å². The van der Waals surface area contributed by atoms with Crippen LogP contribution in [-0.4, -0.2) is 40.0 Å². The molecule has 6 heteroatoms.